The van der Waals surface area contributed by atoms with Gasteiger partial charge in [-0.2, -0.15) is 0 Å². The largest absolute Gasteiger partial charge is 0.0836 e. The van der Waals surface area contributed by atoms with Gasteiger partial charge in [0.15, 0.2) is 0 Å². The van der Waals surface area contributed by atoms with E-state index in [1.807, 2.05) is 12.1 Å². The monoisotopic (exact) mass is 688 g/mol. The molecule has 240 valence electrons. The highest BCUT2D eigenvalue weighted by Crippen LogP contribution is 2.54. The molecular formula is C46H38Cl2Si. The van der Waals surface area contributed by atoms with Crippen LogP contribution in [0.25, 0.3) is 56.7 Å². The van der Waals surface area contributed by atoms with E-state index in [9.17, 15) is 0 Å². The van der Waals surface area contributed by atoms with E-state index in [4.69, 9.17) is 23.2 Å². The van der Waals surface area contributed by atoms with Crippen molar-refractivity contribution in [2.75, 3.05) is 0 Å². The van der Waals surface area contributed by atoms with Crippen molar-refractivity contribution >= 4 is 43.4 Å². The lowest BCUT2D eigenvalue weighted by Gasteiger charge is -2.39. The molecule has 0 nitrogen and oxygen atoms in total. The average Bonchev–Trinajstić information content (AvgIpc) is 3.65. The SMILES string of the molecule is CC1=Cc2c(-c3ccc(-c4ccccc4)c(Cl)c3)cccc2C1[Si](C)(C)C1C(C)=Cc2c(-c3ccc(-c4ccccc4)c(Cl)c3)cccc21. The van der Waals surface area contributed by atoms with Crippen LogP contribution in [0.2, 0.25) is 23.1 Å². The zero-order valence-electron chi connectivity index (χ0n) is 28.3. The summed E-state index contributed by atoms with van der Waals surface area (Å²) in [4.78, 5) is 0. The van der Waals surface area contributed by atoms with E-state index in [-0.39, 0.29) is 0 Å². The van der Waals surface area contributed by atoms with Crippen molar-refractivity contribution in [2.24, 2.45) is 0 Å². The Balaban J connectivity index is 1.15. The molecule has 0 amide bonds. The first kappa shape index (κ1) is 31.8. The summed E-state index contributed by atoms with van der Waals surface area (Å²) in [5.74, 6) is 0. The Morgan fingerprint density at radius 3 is 1.22 bits per heavy atom. The van der Waals surface area contributed by atoms with Gasteiger partial charge in [0.2, 0.25) is 0 Å². The fourth-order valence-electron chi connectivity index (χ4n) is 8.82. The molecule has 0 aromatic heterocycles. The van der Waals surface area contributed by atoms with Gasteiger partial charge >= 0.3 is 0 Å². The van der Waals surface area contributed by atoms with Crippen LogP contribution in [0.1, 0.15) is 47.2 Å². The highest BCUT2D eigenvalue weighted by Gasteiger charge is 2.47. The van der Waals surface area contributed by atoms with Crippen molar-refractivity contribution in [3.8, 4) is 44.5 Å². The average molecular weight is 690 g/mol. The number of fused-ring (bicyclic) bond motifs is 2. The number of benzene rings is 6. The Morgan fingerprint density at radius 1 is 0.429 bits per heavy atom. The van der Waals surface area contributed by atoms with Crippen LogP contribution in [0, 0.1) is 0 Å². The molecule has 2 aliphatic carbocycles. The third-order valence-electron chi connectivity index (χ3n) is 10.8. The quantitative estimate of drug-likeness (QED) is 0.153. The number of hydrogen-bond acceptors (Lipinski definition) is 0. The zero-order valence-corrected chi connectivity index (χ0v) is 30.8. The molecule has 8 rings (SSSR count). The molecule has 2 unspecified atom stereocenters. The van der Waals surface area contributed by atoms with Gasteiger partial charge in [0.25, 0.3) is 0 Å². The lowest BCUT2D eigenvalue weighted by atomic mass is 9.95. The van der Waals surface area contributed by atoms with Gasteiger partial charge in [-0.1, -0.05) is 181 Å². The first-order chi connectivity index (χ1) is 23.7. The smallest absolute Gasteiger partial charge is 0.0722 e. The number of rotatable bonds is 6. The molecule has 0 heterocycles. The molecule has 0 saturated heterocycles. The molecule has 2 aliphatic rings. The van der Waals surface area contributed by atoms with E-state index in [0.29, 0.717) is 11.1 Å². The molecule has 0 fully saturated rings. The van der Waals surface area contributed by atoms with Gasteiger partial charge in [-0.05, 0) is 81.6 Å². The third kappa shape index (κ3) is 5.45. The normalized spacial score (nSPS) is 16.6. The van der Waals surface area contributed by atoms with E-state index in [1.54, 1.807) is 0 Å². The summed E-state index contributed by atoms with van der Waals surface area (Å²) < 4.78 is 0. The molecule has 6 aromatic rings. The summed E-state index contributed by atoms with van der Waals surface area (Å²) in [6.45, 7) is 9.88. The summed E-state index contributed by atoms with van der Waals surface area (Å²) >= 11 is 13.8. The molecule has 3 heteroatoms. The van der Waals surface area contributed by atoms with E-state index in [0.717, 1.165) is 43.4 Å². The second kappa shape index (κ2) is 12.5. The molecule has 6 aromatic carbocycles. The van der Waals surface area contributed by atoms with Crippen molar-refractivity contribution in [1.82, 2.24) is 0 Å². The Morgan fingerprint density at radius 2 is 0.837 bits per heavy atom. The van der Waals surface area contributed by atoms with Crippen LogP contribution in [0.4, 0.5) is 0 Å². The Kier molecular flexibility index (Phi) is 8.11. The maximum Gasteiger partial charge on any atom is 0.0722 e. The van der Waals surface area contributed by atoms with Crippen LogP contribution < -0.4 is 0 Å². The van der Waals surface area contributed by atoms with Crippen LogP contribution in [0.3, 0.4) is 0 Å². The highest BCUT2D eigenvalue weighted by molar-refractivity contribution is 6.81. The molecule has 0 bridgehead atoms. The van der Waals surface area contributed by atoms with E-state index < -0.39 is 8.07 Å². The van der Waals surface area contributed by atoms with Crippen molar-refractivity contribution in [3.05, 3.63) is 177 Å². The predicted octanol–water partition coefficient (Wildman–Crippen LogP) is 14.1. The van der Waals surface area contributed by atoms with Gasteiger partial charge in [-0.3, -0.25) is 0 Å². The van der Waals surface area contributed by atoms with Gasteiger partial charge < -0.3 is 0 Å². The fourth-order valence-corrected chi connectivity index (χ4v) is 14.4. The molecule has 0 saturated carbocycles. The Bertz CT molecular complexity index is 2130. The molecule has 0 aliphatic heterocycles. The van der Waals surface area contributed by atoms with E-state index in [1.165, 1.54) is 44.5 Å². The van der Waals surface area contributed by atoms with Gasteiger partial charge in [-0.25, -0.2) is 0 Å². The number of hydrogen-bond donors (Lipinski definition) is 0. The second-order valence-electron chi connectivity index (χ2n) is 14.2. The van der Waals surface area contributed by atoms with Crippen LogP contribution in [0.15, 0.2) is 145 Å². The zero-order chi connectivity index (χ0) is 33.9. The minimum absolute atomic E-state index is 0.407. The van der Waals surface area contributed by atoms with Crippen LogP contribution >= 0.6 is 23.2 Å². The van der Waals surface area contributed by atoms with Gasteiger partial charge in [0, 0.05) is 32.3 Å². The van der Waals surface area contributed by atoms with Crippen LogP contribution in [-0.4, -0.2) is 8.07 Å². The minimum Gasteiger partial charge on any atom is -0.0836 e. The van der Waals surface area contributed by atoms with E-state index in [2.05, 4.69) is 160 Å². The number of halogens is 2. The Labute approximate surface area is 301 Å². The number of allylic oxidation sites excluding steroid dienone is 2. The first-order valence-corrected chi connectivity index (χ1v) is 21.0. The van der Waals surface area contributed by atoms with Gasteiger partial charge in [0.05, 0.1) is 8.07 Å². The lowest BCUT2D eigenvalue weighted by molar-refractivity contribution is 0.968. The summed E-state index contributed by atoms with van der Waals surface area (Å²) in [5.41, 5.74) is 18.6. The topological polar surface area (TPSA) is 0 Å². The van der Waals surface area contributed by atoms with Gasteiger partial charge in [0.1, 0.15) is 0 Å². The van der Waals surface area contributed by atoms with Crippen molar-refractivity contribution < 1.29 is 0 Å². The molecule has 0 radical (unpaired) electrons. The van der Waals surface area contributed by atoms with Crippen molar-refractivity contribution in [2.45, 2.75) is 38.0 Å². The summed E-state index contributed by atoms with van der Waals surface area (Å²) in [6.07, 6.45) is 4.90. The predicted molar refractivity (Wildman–Crippen MR) is 215 cm³/mol. The van der Waals surface area contributed by atoms with Crippen LogP contribution in [0.5, 0.6) is 0 Å². The molecule has 0 N–H and O–H groups in total. The summed E-state index contributed by atoms with van der Waals surface area (Å²) in [6, 6.07) is 47.5. The fraction of sp³-hybridized carbons (Fsp3) is 0.130. The van der Waals surface area contributed by atoms with Gasteiger partial charge in [-0.15, -0.1) is 0 Å². The van der Waals surface area contributed by atoms with Crippen molar-refractivity contribution in [1.29, 1.82) is 0 Å². The summed E-state index contributed by atoms with van der Waals surface area (Å²) in [7, 11) is -2.03. The molecule has 0 spiro atoms. The van der Waals surface area contributed by atoms with Crippen molar-refractivity contribution in [3.63, 3.8) is 0 Å². The molecular weight excluding hydrogens is 651 g/mol. The maximum absolute atomic E-state index is 6.92. The molecule has 2 atom stereocenters. The molecule has 49 heavy (non-hydrogen) atoms. The second-order valence-corrected chi connectivity index (χ2v) is 19.8. The lowest BCUT2D eigenvalue weighted by Crippen LogP contribution is -2.42. The minimum atomic E-state index is -2.03. The van der Waals surface area contributed by atoms with Crippen LogP contribution in [-0.2, 0) is 0 Å². The Hall–Kier alpha value is -4.40. The highest BCUT2D eigenvalue weighted by atomic mass is 35.5. The standard InChI is InChI=1S/C46H38Cl2Si/c1-29-25-41-35(33-21-23-37(43(47)27-33)31-13-7-5-8-14-31)17-11-19-39(41)45(29)49(3,4)46-30(2)26-42-36(18-12-20-40(42)46)34-22-24-38(44(48)28-34)32-15-9-6-10-16-32/h5-28,45-46H,1-4H3. The summed E-state index contributed by atoms with van der Waals surface area (Å²) in [5, 5.41) is 1.56. The van der Waals surface area contributed by atoms with E-state index >= 15 is 0 Å². The third-order valence-corrected chi connectivity index (χ3v) is 15.9. The maximum atomic E-state index is 6.92. The first-order valence-electron chi connectivity index (χ1n) is 17.1.